The predicted octanol–water partition coefficient (Wildman–Crippen LogP) is 3.29. The highest BCUT2D eigenvalue weighted by molar-refractivity contribution is 7.14. The van der Waals surface area contributed by atoms with Gasteiger partial charge in [0, 0.05) is 10.9 Å². The molecule has 2 heterocycles. The Morgan fingerprint density at radius 1 is 1.25 bits per heavy atom. The number of carbonyl (C=O) groups is 2. The van der Waals surface area contributed by atoms with Crippen molar-refractivity contribution in [3.05, 3.63) is 23.6 Å². The number of rotatable bonds is 6. The summed E-state index contributed by atoms with van der Waals surface area (Å²) in [5.41, 5.74) is 1.59. The molecular formula is C19H23N3O5S. The minimum absolute atomic E-state index is 0.110. The third kappa shape index (κ3) is 4.72. The highest BCUT2D eigenvalue weighted by atomic mass is 32.1. The van der Waals surface area contributed by atoms with Crippen molar-refractivity contribution in [3.8, 4) is 22.8 Å². The monoisotopic (exact) mass is 405 g/mol. The molecule has 150 valence electrons. The van der Waals surface area contributed by atoms with Crippen LogP contribution in [-0.4, -0.2) is 42.8 Å². The van der Waals surface area contributed by atoms with Gasteiger partial charge in [-0.3, -0.25) is 4.79 Å². The molecule has 3 rings (SSSR count). The van der Waals surface area contributed by atoms with E-state index in [1.54, 1.807) is 6.92 Å². The normalized spacial score (nSPS) is 13.7. The number of amides is 2. The van der Waals surface area contributed by atoms with Crippen LogP contribution >= 0.6 is 11.3 Å². The number of hydrogen-bond acceptors (Lipinski definition) is 7. The first-order chi connectivity index (χ1) is 13.5. The lowest BCUT2D eigenvalue weighted by molar-refractivity contribution is -0.119. The molecule has 1 aromatic heterocycles. The van der Waals surface area contributed by atoms with Gasteiger partial charge in [0.2, 0.25) is 5.91 Å². The lowest BCUT2D eigenvalue weighted by atomic mass is 10.0. The van der Waals surface area contributed by atoms with Crippen molar-refractivity contribution in [2.45, 2.75) is 26.8 Å². The van der Waals surface area contributed by atoms with Crippen LogP contribution in [0, 0.1) is 5.92 Å². The average molecular weight is 405 g/mol. The second kappa shape index (κ2) is 8.92. The van der Waals surface area contributed by atoms with Crippen LogP contribution in [0.3, 0.4) is 0 Å². The number of alkyl carbamates (subject to hydrolysis) is 1. The van der Waals surface area contributed by atoms with Crippen LogP contribution in [0.1, 0.15) is 20.8 Å². The molecule has 2 aromatic rings. The molecule has 0 aliphatic carbocycles. The molecule has 1 aliphatic heterocycles. The molecule has 1 unspecified atom stereocenters. The molecule has 1 aromatic carbocycles. The van der Waals surface area contributed by atoms with Crippen molar-refractivity contribution in [1.29, 1.82) is 0 Å². The van der Waals surface area contributed by atoms with Gasteiger partial charge in [0.05, 0.1) is 12.3 Å². The highest BCUT2D eigenvalue weighted by Crippen LogP contribution is 2.35. The van der Waals surface area contributed by atoms with E-state index in [-0.39, 0.29) is 18.4 Å². The van der Waals surface area contributed by atoms with Crippen molar-refractivity contribution >= 4 is 28.5 Å². The Labute approximate surface area is 167 Å². The summed E-state index contributed by atoms with van der Waals surface area (Å²) in [6, 6.07) is 4.89. The van der Waals surface area contributed by atoms with Gasteiger partial charge in [-0.15, -0.1) is 11.3 Å². The molecule has 2 N–H and O–H groups in total. The summed E-state index contributed by atoms with van der Waals surface area (Å²) in [5, 5.41) is 7.65. The summed E-state index contributed by atoms with van der Waals surface area (Å²) in [6.45, 7) is 6.69. The number of anilines is 1. The zero-order chi connectivity index (χ0) is 20.1. The molecule has 9 heteroatoms. The Bertz CT molecular complexity index is 852. The van der Waals surface area contributed by atoms with Crippen molar-refractivity contribution in [3.63, 3.8) is 0 Å². The van der Waals surface area contributed by atoms with Gasteiger partial charge in [-0.05, 0) is 31.0 Å². The van der Waals surface area contributed by atoms with Crippen LogP contribution in [0.15, 0.2) is 23.6 Å². The lowest BCUT2D eigenvalue weighted by Crippen LogP contribution is -2.47. The first-order valence-electron chi connectivity index (χ1n) is 9.07. The second-order valence-corrected chi connectivity index (χ2v) is 7.33. The first kappa shape index (κ1) is 19.9. The highest BCUT2D eigenvalue weighted by Gasteiger charge is 2.25. The number of carbonyl (C=O) groups excluding carboxylic acids is 2. The third-order valence-corrected chi connectivity index (χ3v) is 4.83. The molecule has 0 saturated heterocycles. The van der Waals surface area contributed by atoms with E-state index in [0.717, 1.165) is 11.3 Å². The number of aromatic nitrogens is 1. The fraction of sp³-hybridized carbons (Fsp3) is 0.421. The molecule has 8 nitrogen and oxygen atoms in total. The summed E-state index contributed by atoms with van der Waals surface area (Å²) in [6.07, 6.45) is -0.618. The van der Waals surface area contributed by atoms with E-state index in [2.05, 4.69) is 15.6 Å². The average Bonchev–Trinajstić information content (AvgIpc) is 3.14. The van der Waals surface area contributed by atoms with Gasteiger partial charge >= 0.3 is 6.09 Å². The van der Waals surface area contributed by atoms with Crippen molar-refractivity contribution < 1.29 is 23.8 Å². The molecule has 0 radical (unpaired) electrons. The van der Waals surface area contributed by atoms with E-state index in [4.69, 9.17) is 14.2 Å². The van der Waals surface area contributed by atoms with Gasteiger partial charge in [0.15, 0.2) is 16.6 Å². The van der Waals surface area contributed by atoms with Gasteiger partial charge in [-0.1, -0.05) is 13.8 Å². The number of fused-ring (bicyclic) bond motifs is 1. The summed E-state index contributed by atoms with van der Waals surface area (Å²) >= 11 is 1.31. The molecule has 2 amide bonds. The largest absolute Gasteiger partial charge is 0.486 e. The van der Waals surface area contributed by atoms with E-state index in [0.29, 0.717) is 29.8 Å². The fourth-order valence-corrected chi connectivity index (χ4v) is 3.41. The molecule has 0 fully saturated rings. The summed E-state index contributed by atoms with van der Waals surface area (Å²) in [4.78, 5) is 28.7. The zero-order valence-corrected chi connectivity index (χ0v) is 16.8. The fourth-order valence-electron chi connectivity index (χ4n) is 2.68. The smallest absolute Gasteiger partial charge is 0.407 e. The zero-order valence-electron chi connectivity index (χ0n) is 16.0. The molecule has 1 aliphatic rings. The van der Waals surface area contributed by atoms with E-state index < -0.39 is 12.1 Å². The number of nitrogens with zero attached hydrogens (tertiary/aromatic N) is 1. The van der Waals surface area contributed by atoms with Crippen LogP contribution in [0.5, 0.6) is 11.5 Å². The van der Waals surface area contributed by atoms with E-state index in [1.807, 2.05) is 37.4 Å². The van der Waals surface area contributed by atoms with Gasteiger partial charge < -0.3 is 24.8 Å². The number of nitrogens with one attached hydrogen (secondary N) is 2. The minimum Gasteiger partial charge on any atom is -0.486 e. The summed E-state index contributed by atoms with van der Waals surface area (Å²) in [5.74, 6) is 0.942. The minimum atomic E-state index is -0.722. The van der Waals surface area contributed by atoms with E-state index in [9.17, 15) is 9.59 Å². The number of thiazole rings is 1. The quantitative estimate of drug-likeness (QED) is 0.765. The maximum atomic E-state index is 12.6. The Balaban J connectivity index is 1.69. The maximum absolute atomic E-state index is 12.6. The maximum Gasteiger partial charge on any atom is 0.407 e. The van der Waals surface area contributed by atoms with Crippen molar-refractivity contribution in [1.82, 2.24) is 10.3 Å². The van der Waals surface area contributed by atoms with Crippen molar-refractivity contribution in [2.75, 3.05) is 25.1 Å². The molecule has 0 saturated carbocycles. The van der Waals surface area contributed by atoms with Crippen LogP contribution in [-0.2, 0) is 9.53 Å². The number of hydrogen-bond donors (Lipinski definition) is 2. The van der Waals surface area contributed by atoms with Gasteiger partial charge in [-0.25, -0.2) is 9.78 Å². The van der Waals surface area contributed by atoms with Crippen LogP contribution < -0.4 is 20.1 Å². The predicted molar refractivity (Wildman–Crippen MR) is 106 cm³/mol. The first-order valence-corrected chi connectivity index (χ1v) is 9.95. The molecule has 28 heavy (non-hydrogen) atoms. The molecular weight excluding hydrogens is 382 g/mol. The van der Waals surface area contributed by atoms with Gasteiger partial charge in [-0.2, -0.15) is 0 Å². The second-order valence-electron chi connectivity index (χ2n) is 6.47. The standard InChI is InChI=1S/C19H23N3O5S/c1-4-25-19(24)21-16(11(2)3)17(23)22-18-20-13(10-28-18)12-5-6-14-15(9-12)27-8-7-26-14/h5-6,9-11,16H,4,7-8H2,1-3H3,(H,21,24)(H,20,22,23). The van der Waals surface area contributed by atoms with Crippen LogP contribution in [0.2, 0.25) is 0 Å². The van der Waals surface area contributed by atoms with Gasteiger partial charge in [0.25, 0.3) is 0 Å². The topological polar surface area (TPSA) is 98.8 Å². The lowest BCUT2D eigenvalue weighted by Gasteiger charge is -2.20. The van der Waals surface area contributed by atoms with Gasteiger partial charge in [0.1, 0.15) is 19.3 Å². The Kier molecular flexibility index (Phi) is 6.35. The molecule has 0 spiro atoms. The summed E-state index contributed by atoms with van der Waals surface area (Å²) < 4.78 is 16.0. The Morgan fingerprint density at radius 2 is 2.00 bits per heavy atom. The van der Waals surface area contributed by atoms with Crippen LogP contribution in [0.4, 0.5) is 9.93 Å². The summed E-state index contributed by atoms with van der Waals surface area (Å²) in [7, 11) is 0. The SMILES string of the molecule is CCOC(=O)NC(C(=O)Nc1nc(-c2ccc3c(c2)OCCO3)cs1)C(C)C. The Morgan fingerprint density at radius 3 is 2.71 bits per heavy atom. The number of benzene rings is 1. The Hall–Kier alpha value is -2.81. The third-order valence-electron chi connectivity index (χ3n) is 4.07. The van der Waals surface area contributed by atoms with E-state index >= 15 is 0 Å². The van der Waals surface area contributed by atoms with E-state index in [1.165, 1.54) is 11.3 Å². The number of ether oxygens (including phenoxy) is 3. The molecule has 1 atom stereocenters. The van der Waals surface area contributed by atoms with Crippen molar-refractivity contribution in [2.24, 2.45) is 5.92 Å². The van der Waals surface area contributed by atoms with Crippen LogP contribution in [0.25, 0.3) is 11.3 Å². The molecule has 0 bridgehead atoms.